The fourth-order valence-corrected chi connectivity index (χ4v) is 2.78. The van der Waals surface area contributed by atoms with Gasteiger partial charge in [0, 0.05) is 33.4 Å². The van der Waals surface area contributed by atoms with E-state index in [4.69, 9.17) is 4.74 Å². The molecule has 8 nitrogen and oxygen atoms in total. The highest BCUT2D eigenvalue weighted by atomic mass is 16.5. The number of carbonyl (C=O) groups is 1. The molecular formula is C17H22N6O2. The second kappa shape index (κ2) is 7.33. The number of amides is 1. The van der Waals surface area contributed by atoms with Crippen molar-refractivity contribution in [2.45, 2.75) is 12.8 Å². The Labute approximate surface area is 146 Å². The number of carbonyl (C=O) groups excluding carboxylic acids is 1. The summed E-state index contributed by atoms with van der Waals surface area (Å²) in [5, 5.41) is 2.86. The van der Waals surface area contributed by atoms with Crippen LogP contribution < -0.4 is 19.9 Å². The third-order valence-electron chi connectivity index (χ3n) is 4.03. The number of hydrogen-bond donors (Lipinski definition) is 1. The molecule has 0 spiro atoms. The third kappa shape index (κ3) is 3.62. The van der Waals surface area contributed by atoms with Crippen LogP contribution in [0.25, 0.3) is 0 Å². The molecule has 0 saturated carbocycles. The Hall–Kier alpha value is -2.90. The lowest BCUT2D eigenvalue weighted by atomic mass is 10.2. The minimum absolute atomic E-state index is 0.279. The van der Waals surface area contributed by atoms with Gasteiger partial charge in [-0.05, 0) is 25.0 Å². The fraction of sp³-hybridized carbons (Fsp3) is 0.412. The molecule has 0 atom stereocenters. The molecule has 0 aliphatic carbocycles. The molecule has 1 amide bonds. The van der Waals surface area contributed by atoms with E-state index in [0.29, 0.717) is 23.0 Å². The number of anilines is 3. The fourth-order valence-electron chi connectivity index (χ4n) is 2.78. The largest absolute Gasteiger partial charge is 0.480 e. The first-order valence-corrected chi connectivity index (χ1v) is 8.20. The van der Waals surface area contributed by atoms with Crippen molar-refractivity contribution in [3.63, 3.8) is 0 Å². The lowest BCUT2D eigenvalue weighted by Crippen LogP contribution is -2.24. The predicted octanol–water partition coefficient (Wildman–Crippen LogP) is 1.80. The summed E-state index contributed by atoms with van der Waals surface area (Å²) in [6.45, 7) is 1.93. The number of pyridine rings is 1. The zero-order chi connectivity index (χ0) is 17.8. The number of nitrogens with one attached hydrogen (secondary N) is 1. The highest BCUT2D eigenvalue weighted by Crippen LogP contribution is 2.26. The van der Waals surface area contributed by atoms with Crippen LogP contribution in [0.15, 0.2) is 24.5 Å². The van der Waals surface area contributed by atoms with Gasteiger partial charge in [0.1, 0.15) is 11.3 Å². The van der Waals surface area contributed by atoms with E-state index in [9.17, 15) is 4.79 Å². The molecule has 3 rings (SSSR count). The van der Waals surface area contributed by atoms with Gasteiger partial charge in [-0.15, -0.1) is 0 Å². The van der Waals surface area contributed by atoms with Gasteiger partial charge in [-0.3, -0.25) is 4.79 Å². The van der Waals surface area contributed by atoms with Gasteiger partial charge in [0.05, 0.1) is 13.3 Å². The molecule has 132 valence electrons. The molecule has 0 bridgehead atoms. The first-order valence-electron chi connectivity index (χ1n) is 8.20. The molecule has 1 aliphatic rings. The molecular weight excluding hydrogens is 320 g/mol. The minimum Gasteiger partial charge on any atom is -0.480 e. The van der Waals surface area contributed by atoms with Gasteiger partial charge < -0.3 is 19.9 Å². The summed E-state index contributed by atoms with van der Waals surface area (Å²) >= 11 is 0. The van der Waals surface area contributed by atoms with E-state index in [1.807, 2.05) is 19.0 Å². The highest BCUT2D eigenvalue weighted by molar-refractivity contribution is 6.07. The van der Waals surface area contributed by atoms with Gasteiger partial charge in [0.2, 0.25) is 11.8 Å². The van der Waals surface area contributed by atoms with Crippen LogP contribution in [0.3, 0.4) is 0 Å². The van der Waals surface area contributed by atoms with Crippen LogP contribution >= 0.6 is 0 Å². The maximum absolute atomic E-state index is 12.6. The van der Waals surface area contributed by atoms with Gasteiger partial charge in [0.25, 0.3) is 5.91 Å². The van der Waals surface area contributed by atoms with E-state index in [1.54, 1.807) is 24.5 Å². The summed E-state index contributed by atoms with van der Waals surface area (Å²) in [6, 6.07) is 3.35. The standard InChI is InChI=1S/C17H22N6O2/c1-22(2)14-13(11-19-17(21-14)23-9-4-5-10-23)20-15(24)12-7-6-8-18-16(12)25-3/h6-8,11H,4-5,9-10H2,1-3H3,(H,20,24). The number of aromatic nitrogens is 3. The van der Waals surface area contributed by atoms with Crippen molar-refractivity contribution >= 4 is 23.4 Å². The lowest BCUT2D eigenvalue weighted by Gasteiger charge is -2.21. The smallest absolute Gasteiger partial charge is 0.261 e. The summed E-state index contributed by atoms with van der Waals surface area (Å²) in [5.41, 5.74) is 0.905. The predicted molar refractivity (Wildman–Crippen MR) is 96.5 cm³/mol. The summed E-state index contributed by atoms with van der Waals surface area (Å²) in [6.07, 6.45) is 5.53. The lowest BCUT2D eigenvalue weighted by molar-refractivity contribution is 0.102. The maximum Gasteiger partial charge on any atom is 0.261 e. The molecule has 2 aromatic heterocycles. The Morgan fingerprint density at radius 2 is 2.04 bits per heavy atom. The number of ether oxygens (including phenoxy) is 1. The molecule has 0 radical (unpaired) electrons. The molecule has 0 unspecified atom stereocenters. The van der Waals surface area contributed by atoms with E-state index in [1.165, 1.54) is 7.11 Å². The molecule has 1 aliphatic heterocycles. The average molecular weight is 342 g/mol. The Morgan fingerprint density at radius 1 is 1.28 bits per heavy atom. The summed E-state index contributed by atoms with van der Waals surface area (Å²) in [4.78, 5) is 29.7. The van der Waals surface area contributed by atoms with E-state index in [0.717, 1.165) is 25.9 Å². The third-order valence-corrected chi connectivity index (χ3v) is 4.03. The van der Waals surface area contributed by atoms with Crippen LogP contribution in [0.4, 0.5) is 17.5 Å². The van der Waals surface area contributed by atoms with Crippen molar-refractivity contribution in [1.82, 2.24) is 15.0 Å². The van der Waals surface area contributed by atoms with Gasteiger partial charge in [-0.1, -0.05) is 0 Å². The van der Waals surface area contributed by atoms with Crippen molar-refractivity contribution < 1.29 is 9.53 Å². The van der Waals surface area contributed by atoms with E-state index >= 15 is 0 Å². The van der Waals surface area contributed by atoms with Crippen molar-refractivity contribution in [3.05, 3.63) is 30.1 Å². The zero-order valence-electron chi connectivity index (χ0n) is 14.7. The molecule has 1 fully saturated rings. The molecule has 2 aromatic rings. The minimum atomic E-state index is -0.314. The number of methoxy groups -OCH3 is 1. The van der Waals surface area contributed by atoms with Gasteiger partial charge in [-0.25, -0.2) is 9.97 Å². The van der Waals surface area contributed by atoms with Crippen molar-refractivity contribution in [2.24, 2.45) is 0 Å². The van der Waals surface area contributed by atoms with Gasteiger partial charge in [0.15, 0.2) is 5.82 Å². The van der Waals surface area contributed by atoms with Crippen LogP contribution in [0, 0.1) is 0 Å². The second-order valence-corrected chi connectivity index (χ2v) is 6.01. The Balaban J connectivity index is 1.87. The maximum atomic E-state index is 12.6. The molecule has 1 N–H and O–H groups in total. The van der Waals surface area contributed by atoms with Crippen molar-refractivity contribution in [3.8, 4) is 5.88 Å². The number of rotatable bonds is 5. The Kier molecular flexibility index (Phi) is 4.97. The van der Waals surface area contributed by atoms with Crippen LogP contribution in [-0.4, -0.2) is 55.2 Å². The van der Waals surface area contributed by atoms with Crippen LogP contribution in [0.1, 0.15) is 23.2 Å². The highest BCUT2D eigenvalue weighted by Gasteiger charge is 2.20. The Bertz CT molecular complexity index is 759. The van der Waals surface area contributed by atoms with Crippen LogP contribution in [0.5, 0.6) is 5.88 Å². The van der Waals surface area contributed by atoms with E-state index < -0.39 is 0 Å². The topological polar surface area (TPSA) is 83.5 Å². The van der Waals surface area contributed by atoms with Gasteiger partial charge in [-0.2, -0.15) is 4.98 Å². The normalized spacial score (nSPS) is 13.6. The quantitative estimate of drug-likeness (QED) is 0.887. The van der Waals surface area contributed by atoms with Gasteiger partial charge >= 0.3 is 0 Å². The van der Waals surface area contributed by atoms with E-state index in [2.05, 4.69) is 25.2 Å². The first-order chi connectivity index (χ1) is 12.1. The van der Waals surface area contributed by atoms with Crippen LogP contribution in [-0.2, 0) is 0 Å². The molecule has 8 heteroatoms. The molecule has 1 saturated heterocycles. The molecule has 3 heterocycles. The Morgan fingerprint density at radius 3 is 2.72 bits per heavy atom. The summed E-state index contributed by atoms with van der Waals surface area (Å²) < 4.78 is 5.15. The van der Waals surface area contributed by atoms with Crippen molar-refractivity contribution in [2.75, 3.05) is 49.4 Å². The summed E-state index contributed by atoms with van der Waals surface area (Å²) in [5.74, 6) is 1.32. The summed E-state index contributed by atoms with van der Waals surface area (Å²) in [7, 11) is 5.26. The SMILES string of the molecule is COc1ncccc1C(=O)Nc1cnc(N2CCCC2)nc1N(C)C. The monoisotopic (exact) mass is 342 g/mol. The first kappa shape index (κ1) is 16.9. The molecule has 25 heavy (non-hydrogen) atoms. The number of hydrogen-bond acceptors (Lipinski definition) is 7. The number of nitrogens with zero attached hydrogens (tertiary/aromatic N) is 5. The second-order valence-electron chi connectivity index (χ2n) is 6.01. The zero-order valence-corrected chi connectivity index (χ0v) is 14.7. The van der Waals surface area contributed by atoms with Crippen LogP contribution in [0.2, 0.25) is 0 Å². The molecule has 0 aromatic carbocycles. The van der Waals surface area contributed by atoms with Crippen molar-refractivity contribution in [1.29, 1.82) is 0 Å². The van der Waals surface area contributed by atoms with E-state index in [-0.39, 0.29) is 11.8 Å². The average Bonchev–Trinajstić information content (AvgIpc) is 3.16.